The number of para-hydroxylation sites is 2. The number of non-ortho nitro benzene ring substituents is 1. The van der Waals surface area contributed by atoms with Crippen LogP contribution in [-0.2, 0) is 14.3 Å². The molecule has 0 aliphatic rings. The Morgan fingerprint density at radius 2 is 1.77 bits per heavy atom. The minimum atomic E-state index is -1.14. The maximum absolute atomic E-state index is 12.3. The smallest absolute Gasteiger partial charge is 0.329 e. The first kappa shape index (κ1) is 22.3. The zero-order valence-corrected chi connectivity index (χ0v) is 16.6. The van der Waals surface area contributed by atoms with E-state index in [0.29, 0.717) is 11.4 Å². The van der Waals surface area contributed by atoms with Crippen molar-refractivity contribution in [1.29, 1.82) is 0 Å². The number of benzene rings is 2. The van der Waals surface area contributed by atoms with Crippen molar-refractivity contribution in [2.24, 2.45) is 0 Å². The van der Waals surface area contributed by atoms with Crippen LogP contribution in [0.4, 0.5) is 11.4 Å². The van der Waals surface area contributed by atoms with Crippen LogP contribution in [0.25, 0.3) is 0 Å². The van der Waals surface area contributed by atoms with E-state index in [-0.39, 0.29) is 11.3 Å². The molecule has 10 nitrogen and oxygen atoms in total. The quantitative estimate of drug-likeness (QED) is 0.383. The Kier molecular flexibility index (Phi) is 7.45. The van der Waals surface area contributed by atoms with Gasteiger partial charge in [0, 0.05) is 17.7 Å². The molecule has 2 rings (SSSR count). The van der Waals surface area contributed by atoms with Crippen molar-refractivity contribution in [1.82, 2.24) is 5.32 Å². The summed E-state index contributed by atoms with van der Waals surface area (Å²) in [6, 6.07) is 10.7. The molecule has 0 unspecified atom stereocenters. The lowest BCUT2D eigenvalue weighted by molar-refractivity contribution is -0.384. The maximum atomic E-state index is 12.3. The third kappa shape index (κ3) is 5.77. The Morgan fingerprint density at radius 3 is 2.43 bits per heavy atom. The molecule has 2 amide bonds. The molecule has 2 aromatic carbocycles. The Balaban J connectivity index is 1.94. The molecule has 2 atom stereocenters. The second-order valence-corrected chi connectivity index (χ2v) is 6.27. The summed E-state index contributed by atoms with van der Waals surface area (Å²) < 4.78 is 10.2. The SMILES string of the molecule is COc1ccccc1NC(=O)[C@@H](C)OC(=O)[C@H](C)NC(=O)c1cccc([N+](=O)[O-])c1. The first-order chi connectivity index (χ1) is 14.2. The van der Waals surface area contributed by atoms with E-state index in [1.54, 1.807) is 24.3 Å². The molecule has 0 saturated heterocycles. The van der Waals surface area contributed by atoms with E-state index in [9.17, 15) is 24.5 Å². The molecule has 0 saturated carbocycles. The zero-order chi connectivity index (χ0) is 22.3. The molecule has 10 heteroatoms. The summed E-state index contributed by atoms with van der Waals surface area (Å²) in [4.78, 5) is 46.9. The molecule has 30 heavy (non-hydrogen) atoms. The largest absolute Gasteiger partial charge is 0.495 e. The maximum Gasteiger partial charge on any atom is 0.329 e. The number of esters is 1. The number of anilines is 1. The molecule has 0 heterocycles. The molecular weight excluding hydrogens is 394 g/mol. The van der Waals surface area contributed by atoms with Crippen LogP contribution in [0, 0.1) is 10.1 Å². The summed E-state index contributed by atoms with van der Waals surface area (Å²) in [5.41, 5.74) is 0.185. The summed E-state index contributed by atoms with van der Waals surface area (Å²) in [5.74, 6) is -1.65. The van der Waals surface area contributed by atoms with Crippen molar-refractivity contribution in [2.75, 3.05) is 12.4 Å². The summed E-state index contributed by atoms with van der Waals surface area (Å²) in [6.45, 7) is 2.76. The molecule has 0 spiro atoms. The first-order valence-corrected chi connectivity index (χ1v) is 8.92. The molecule has 0 fully saturated rings. The number of ether oxygens (including phenoxy) is 2. The molecular formula is C20H21N3O7. The fourth-order valence-corrected chi connectivity index (χ4v) is 2.41. The average Bonchev–Trinajstić information content (AvgIpc) is 2.73. The number of hydrogen-bond acceptors (Lipinski definition) is 7. The van der Waals surface area contributed by atoms with Gasteiger partial charge < -0.3 is 20.1 Å². The van der Waals surface area contributed by atoms with E-state index >= 15 is 0 Å². The van der Waals surface area contributed by atoms with Crippen molar-refractivity contribution in [2.45, 2.75) is 26.0 Å². The van der Waals surface area contributed by atoms with Gasteiger partial charge in [-0.3, -0.25) is 19.7 Å². The van der Waals surface area contributed by atoms with E-state index in [1.165, 1.54) is 39.2 Å². The second kappa shape index (κ2) is 10.0. The third-order valence-electron chi connectivity index (χ3n) is 4.05. The van der Waals surface area contributed by atoms with Crippen LogP contribution in [-0.4, -0.2) is 42.0 Å². The van der Waals surface area contributed by atoms with Crippen LogP contribution in [0.3, 0.4) is 0 Å². The van der Waals surface area contributed by atoms with Crippen molar-refractivity contribution in [3.8, 4) is 5.75 Å². The number of nitrogens with zero attached hydrogens (tertiary/aromatic N) is 1. The zero-order valence-electron chi connectivity index (χ0n) is 16.6. The highest BCUT2D eigenvalue weighted by atomic mass is 16.6. The standard InChI is InChI=1S/C20H21N3O7/c1-12(21-19(25)14-7-6-8-15(11-14)23(27)28)20(26)30-13(2)18(24)22-16-9-4-5-10-17(16)29-3/h4-13H,1-3H3,(H,21,25)(H,22,24)/t12-,13+/m0/s1. The molecule has 2 N–H and O–H groups in total. The van der Waals surface area contributed by atoms with Gasteiger partial charge in [-0.05, 0) is 32.0 Å². The Hall–Kier alpha value is -3.95. The highest BCUT2D eigenvalue weighted by Gasteiger charge is 2.24. The predicted molar refractivity (Wildman–Crippen MR) is 107 cm³/mol. The van der Waals surface area contributed by atoms with Gasteiger partial charge in [-0.1, -0.05) is 18.2 Å². The van der Waals surface area contributed by atoms with Crippen LogP contribution in [0.1, 0.15) is 24.2 Å². The van der Waals surface area contributed by atoms with Gasteiger partial charge in [-0.25, -0.2) is 4.79 Å². The average molecular weight is 415 g/mol. The van der Waals surface area contributed by atoms with Crippen molar-refractivity contribution >= 4 is 29.2 Å². The lowest BCUT2D eigenvalue weighted by atomic mass is 10.2. The predicted octanol–water partition coefficient (Wildman–Crippen LogP) is 2.29. The number of nitro benzene ring substituents is 1. The minimum absolute atomic E-state index is 0.0193. The molecule has 158 valence electrons. The third-order valence-corrected chi connectivity index (χ3v) is 4.05. The van der Waals surface area contributed by atoms with Crippen molar-refractivity contribution in [3.63, 3.8) is 0 Å². The monoisotopic (exact) mass is 415 g/mol. The lowest BCUT2D eigenvalue weighted by Gasteiger charge is -2.18. The van der Waals surface area contributed by atoms with Gasteiger partial charge in [0.05, 0.1) is 17.7 Å². The number of carbonyl (C=O) groups excluding carboxylic acids is 3. The van der Waals surface area contributed by atoms with Gasteiger partial charge in [0.15, 0.2) is 6.10 Å². The highest BCUT2D eigenvalue weighted by Crippen LogP contribution is 2.23. The van der Waals surface area contributed by atoms with E-state index in [0.717, 1.165) is 6.07 Å². The number of carbonyl (C=O) groups is 3. The molecule has 0 bridgehead atoms. The molecule has 2 aromatic rings. The molecule has 0 aliphatic heterocycles. The van der Waals surface area contributed by atoms with Gasteiger partial charge in [0.2, 0.25) is 0 Å². The topological polar surface area (TPSA) is 137 Å². The number of hydrogen-bond donors (Lipinski definition) is 2. The second-order valence-electron chi connectivity index (χ2n) is 6.27. The number of nitrogens with one attached hydrogen (secondary N) is 2. The molecule has 0 radical (unpaired) electrons. The Morgan fingerprint density at radius 1 is 1.07 bits per heavy atom. The van der Waals surface area contributed by atoms with Crippen molar-refractivity contribution in [3.05, 3.63) is 64.2 Å². The van der Waals surface area contributed by atoms with Gasteiger partial charge >= 0.3 is 5.97 Å². The van der Waals surface area contributed by atoms with E-state index in [1.807, 2.05) is 0 Å². The fraction of sp³-hybridized carbons (Fsp3) is 0.250. The van der Waals surface area contributed by atoms with E-state index in [4.69, 9.17) is 9.47 Å². The van der Waals surface area contributed by atoms with E-state index in [2.05, 4.69) is 10.6 Å². The van der Waals surface area contributed by atoms with Crippen molar-refractivity contribution < 1.29 is 28.8 Å². The van der Waals surface area contributed by atoms with Gasteiger partial charge in [-0.2, -0.15) is 0 Å². The van der Waals surface area contributed by atoms with Gasteiger partial charge in [0.25, 0.3) is 17.5 Å². The van der Waals surface area contributed by atoms with Crippen LogP contribution < -0.4 is 15.4 Å². The Bertz CT molecular complexity index is 961. The van der Waals surface area contributed by atoms with Crippen LogP contribution in [0.2, 0.25) is 0 Å². The summed E-state index contributed by atoms with van der Waals surface area (Å²) >= 11 is 0. The lowest BCUT2D eigenvalue weighted by Crippen LogP contribution is -2.42. The van der Waals surface area contributed by atoms with Crippen LogP contribution in [0.15, 0.2) is 48.5 Å². The van der Waals surface area contributed by atoms with Crippen LogP contribution >= 0.6 is 0 Å². The van der Waals surface area contributed by atoms with E-state index < -0.39 is 34.9 Å². The number of nitro groups is 1. The number of rotatable bonds is 8. The molecule has 0 aromatic heterocycles. The number of methoxy groups -OCH3 is 1. The summed E-state index contributed by atoms with van der Waals surface area (Å²) in [6.07, 6.45) is -1.14. The first-order valence-electron chi connectivity index (χ1n) is 8.92. The normalized spacial score (nSPS) is 12.2. The fourth-order valence-electron chi connectivity index (χ4n) is 2.41. The summed E-state index contributed by atoms with van der Waals surface area (Å²) in [7, 11) is 1.46. The number of amides is 2. The van der Waals surface area contributed by atoms with Crippen LogP contribution in [0.5, 0.6) is 5.75 Å². The summed E-state index contributed by atoms with van der Waals surface area (Å²) in [5, 5.41) is 15.8. The van der Waals surface area contributed by atoms with Gasteiger partial charge in [-0.15, -0.1) is 0 Å². The minimum Gasteiger partial charge on any atom is -0.495 e. The molecule has 0 aliphatic carbocycles. The highest BCUT2D eigenvalue weighted by molar-refractivity contribution is 5.98. The van der Waals surface area contributed by atoms with Gasteiger partial charge in [0.1, 0.15) is 11.8 Å². The Labute approximate surface area is 172 Å².